The molecule has 0 bridgehead atoms. The fraction of sp³-hybridized carbons (Fsp3) is 0.0667. The van der Waals surface area contributed by atoms with E-state index >= 15 is 0 Å². The van der Waals surface area contributed by atoms with E-state index in [1.165, 1.54) is 12.1 Å². The van der Waals surface area contributed by atoms with Gasteiger partial charge in [-0.3, -0.25) is 0 Å². The molecule has 3 rings (SSSR count). The van der Waals surface area contributed by atoms with Crippen molar-refractivity contribution in [3.63, 3.8) is 0 Å². The van der Waals surface area contributed by atoms with Gasteiger partial charge in [0.2, 0.25) is 0 Å². The van der Waals surface area contributed by atoms with Gasteiger partial charge in [0.15, 0.2) is 5.82 Å². The van der Waals surface area contributed by atoms with Crippen LogP contribution in [0.3, 0.4) is 0 Å². The van der Waals surface area contributed by atoms with E-state index in [0.29, 0.717) is 21.0 Å². The highest BCUT2D eigenvalue weighted by molar-refractivity contribution is 6.41. The van der Waals surface area contributed by atoms with Gasteiger partial charge < -0.3 is 0 Å². The second-order valence-electron chi connectivity index (χ2n) is 4.57. The van der Waals surface area contributed by atoms with Gasteiger partial charge in [0.05, 0.1) is 15.4 Å². The molecule has 0 saturated heterocycles. The van der Waals surface area contributed by atoms with Crippen molar-refractivity contribution < 1.29 is 4.39 Å². The topological polar surface area (TPSA) is 25.8 Å². The van der Waals surface area contributed by atoms with Crippen molar-refractivity contribution in [1.29, 1.82) is 0 Å². The maximum atomic E-state index is 14.0. The molecular weight excluding hydrogens is 334 g/mol. The molecule has 0 aliphatic heterocycles. The number of fused-ring (bicyclic) bond motifs is 1. The van der Waals surface area contributed by atoms with Gasteiger partial charge in [-0.1, -0.05) is 40.9 Å². The van der Waals surface area contributed by atoms with E-state index in [1.54, 1.807) is 12.1 Å². The number of aryl methyl sites for hydroxylation is 1. The zero-order chi connectivity index (χ0) is 15.1. The second kappa shape index (κ2) is 5.41. The third kappa shape index (κ3) is 2.57. The minimum Gasteiger partial charge on any atom is -0.225 e. The zero-order valence-electron chi connectivity index (χ0n) is 10.8. The average Bonchev–Trinajstić information content (AvgIpc) is 2.42. The van der Waals surface area contributed by atoms with E-state index < -0.39 is 5.82 Å². The first-order valence-corrected chi connectivity index (χ1v) is 7.18. The van der Waals surface area contributed by atoms with Crippen molar-refractivity contribution in [3.8, 4) is 11.4 Å². The van der Waals surface area contributed by atoms with Gasteiger partial charge in [-0.2, -0.15) is 0 Å². The van der Waals surface area contributed by atoms with Gasteiger partial charge >= 0.3 is 0 Å². The monoisotopic (exact) mass is 340 g/mol. The van der Waals surface area contributed by atoms with Gasteiger partial charge in [0.1, 0.15) is 16.5 Å². The van der Waals surface area contributed by atoms with Crippen LogP contribution in [-0.4, -0.2) is 9.97 Å². The molecule has 21 heavy (non-hydrogen) atoms. The van der Waals surface area contributed by atoms with Crippen molar-refractivity contribution in [2.24, 2.45) is 0 Å². The van der Waals surface area contributed by atoms with E-state index in [2.05, 4.69) is 9.97 Å². The van der Waals surface area contributed by atoms with Crippen molar-refractivity contribution in [2.45, 2.75) is 6.92 Å². The van der Waals surface area contributed by atoms with Gasteiger partial charge in [-0.25, -0.2) is 14.4 Å². The van der Waals surface area contributed by atoms with Crippen LogP contribution in [0.15, 0.2) is 30.3 Å². The van der Waals surface area contributed by atoms with Crippen LogP contribution in [0.4, 0.5) is 4.39 Å². The smallest absolute Gasteiger partial charge is 0.163 e. The third-order valence-corrected chi connectivity index (χ3v) is 3.97. The molecule has 0 fully saturated rings. The fourth-order valence-corrected chi connectivity index (χ4v) is 2.93. The molecule has 1 aromatic heterocycles. The average molecular weight is 342 g/mol. The normalized spacial score (nSPS) is 11.1. The lowest BCUT2D eigenvalue weighted by Gasteiger charge is -2.08. The minimum atomic E-state index is -0.511. The summed E-state index contributed by atoms with van der Waals surface area (Å²) in [6.07, 6.45) is 0. The summed E-state index contributed by atoms with van der Waals surface area (Å²) >= 11 is 18.4. The quantitative estimate of drug-likeness (QED) is 0.530. The molecule has 2 nitrogen and oxygen atoms in total. The number of aromatic nitrogens is 2. The zero-order valence-corrected chi connectivity index (χ0v) is 13.1. The highest BCUT2D eigenvalue weighted by Crippen LogP contribution is 2.33. The lowest BCUT2D eigenvalue weighted by molar-refractivity contribution is 0.636. The highest BCUT2D eigenvalue weighted by Gasteiger charge is 2.15. The molecule has 0 aliphatic rings. The molecule has 0 amide bonds. The largest absolute Gasteiger partial charge is 0.225 e. The predicted molar refractivity (Wildman–Crippen MR) is 84.7 cm³/mol. The maximum Gasteiger partial charge on any atom is 0.163 e. The SMILES string of the molecule is Cc1ccc(-c2nc(Cl)c3c(Cl)ccc(F)c3n2)c(Cl)c1. The molecule has 0 radical (unpaired) electrons. The number of rotatable bonds is 1. The third-order valence-electron chi connectivity index (χ3n) is 3.07. The summed E-state index contributed by atoms with van der Waals surface area (Å²) in [4.78, 5) is 8.40. The molecule has 0 unspecified atom stereocenters. The van der Waals surface area contributed by atoms with Crippen LogP contribution in [0.1, 0.15) is 5.56 Å². The van der Waals surface area contributed by atoms with Crippen LogP contribution in [0.5, 0.6) is 0 Å². The van der Waals surface area contributed by atoms with Gasteiger partial charge in [0.25, 0.3) is 0 Å². The van der Waals surface area contributed by atoms with Gasteiger partial charge in [0, 0.05) is 5.56 Å². The summed E-state index contributed by atoms with van der Waals surface area (Å²) in [5, 5.41) is 1.17. The second-order valence-corrected chi connectivity index (χ2v) is 5.75. The number of halogens is 4. The summed E-state index contributed by atoms with van der Waals surface area (Å²) in [6, 6.07) is 8.10. The van der Waals surface area contributed by atoms with Crippen LogP contribution in [0.2, 0.25) is 15.2 Å². The fourth-order valence-electron chi connectivity index (χ4n) is 2.05. The predicted octanol–water partition coefficient (Wildman–Crippen LogP) is 5.70. The first kappa shape index (κ1) is 14.5. The lowest BCUT2D eigenvalue weighted by atomic mass is 10.1. The number of nitrogens with zero attached hydrogens (tertiary/aromatic N) is 2. The van der Waals surface area contributed by atoms with Crippen molar-refractivity contribution in [2.75, 3.05) is 0 Å². The molecule has 0 N–H and O–H groups in total. The molecule has 3 aromatic rings. The van der Waals surface area contributed by atoms with Crippen molar-refractivity contribution in [3.05, 3.63) is 56.9 Å². The molecule has 2 aromatic carbocycles. The molecule has 1 heterocycles. The molecule has 106 valence electrons. The van der Waals surface area contributed by atoms with Crippen LogP contribution in [-0.2, 0) is 0 Å². The van der Waals surface area contributed by atoms with Crippen LogP contribution in [0.25, 0.3) is 22.3 Å². The van der Waals surface area contributed by atoms with Crippen molar-refractivity contribution in [1.82, 2.24) is 9.97 Å². The van der Waals surface area contributed by atoms with E-state index in [1.807, 2.05) is 13.0 Å². The molecular formula is C15H8Cl3FN2. The van der Waals surface area contributed by atoms with Crippen molar-refractivity contribution >= 4 is 45.7 Å². The Hall–Kier alpha value is -1.42. The summed E-state index contributed by atoms with van der Waals surface area (Å²) < 4.78 is 14.0. The minimum absolute atomic E-state index is 0.0779. The van der Waals surface area contributed by atoms with E-state index in [0.717, 1.165) is 5.56 Å². The van der Waals surface area contributed by atoms with Crippen LogP contribution < -0.4 is 0 Å². The number of hydrogen-bond acceptors (Lipinski definition) is 2. The Morgan fingerprint density at radius 1 is 0.952 bits per heavy atom. The Balaban J connectivity index is 2.33. The highest BCUT2D eigenvalue weighted by atomic mass is 35.5. The summed E-state index contributed by atoms with van der Waals surface area (Å²) in [5.74, 6) is -0.248. The van der Waals surface area contributed by atoms with Gasteiger partial charge in [-0.15, -0.1) is 0 Å². The summed E-state index contributed by atoms with van der Waals surface area (Å²) in [5.41, 5.74) is 1.67. The first-order chi connectivity index (χ1) is 9.97. The standard InChI is InChI=1S/C15H8Cl3FN2/c1-7-2-3-8(10(17)6-7)15-20-13-11(19)5-4-9(16)12(13)14(18)21-15/h2-6H,1H3. The molecule has 0 aliphatic carbocycles. The van der Waals surface area contributed by atoms with Crippen LogP contribution >= 0.6 is 34.8 Å². The summed E-state index contributed by atoms with van der Waals surface area (Å²) in [7, 11) is 0. The number of hydrogen-bond donors (Lipinski definition) is 0. The first-order valence-electron chi connectivity index (χ1n) is 6.05. The van der Waals surface area contributed by atoms with Crippen LogP contribution in [0, 0.1) is 12.7 Å². The number of benzene rings is 2. The Kier molecular flexibility index (Phi) is 3.74. The van der Waals surface area contributed by atoms with Gasteiger partial charge in [-0.05, 0) is 36.8 Å². The molecule has 6 heteroatoms. The lowest BCUT2D eigenvalue weighted by Crippen LogP contribution is -1.95. The Morgan fingerprint density at radius 2 is 1.71 bits per heavy atom. The Labute approximate surface area is 135 Å². The van der Waals surface area contributed by atoms with E-state index in [4.69, 9.17) is 34.8 Å². The Bertz CT molecular complexity index is 865. The Morgan fingerprint density at radius 3 is 2.43 bits per heavy atom. The molecule has 0 spiro atoms. The molecule has 0 saturated carbocycles. The maximum absolute atomic E-state index is 14.0. The van der Waals surface area contributed by atoms with E-state index in [-0.39, 0.29) is 16.5 Å². The summed E-state index contributed by atoms with van der Waals surface area (Å²) in [6.45, 7) is 1.92. The molecule has 0 atom stereocenters. The van der Waals surface area contributed by atoms with E-state index in [9.17, 15) is 4.39 Å².